The first-order valence-electron chi connectivity index (χ1n) is 9.11. The van der Waals surface area contributed by atoms with Crippen molar-refractivity contribution in [1.82, 2.24) is 0 Å². The average Bonchev–Trinajstić information content (AvgIpc) is 2.60. The molecule has 0 saturated heterocycles. The number of anilines is 1. The van der Waals surface area contributed by atoms with Crippen LogP contribution < -0.4 is 10.1 Å². The van der Waals surface area contributed by atoms with Crippen LogP contribution in [-0.2, 0) is 0 Å². The van der Waals surface area contributed by atoms with Crippen LogP contribution in [0.4, 0.5) is 5.69 Å². The molecule has 2 heteroatoms. The summed E-state index contributed by atoms with van der Waals surface area (Å²) in [6, 6.07) is 15.0. The second-order valence-electron chi connectivity index (χ2n) is 6.69. The van der Waals surface area contributed by atoms with E-state index in [1.807, 2.05) is 0 Å². The Morgan fingerprint density at radius 3 is 2.46 bits per heavy atom. The summed E-state index contributed by atoms with van der Waals surface area (Å²) in [5.41, 5.74) is 5.06. The maximum absolute atomic E-state index is 6.35. The normalized spacial score (nSPS) is 13.4. The summed E-state index contributed by atoms with van der Waals surface area (Å²) in [5, 5.41) is 3.56. The molecule has 2 aromatic carbocycles. The Morgan fingerprint density at radius 2 is 1.75 bits per heavy atom. The molecule has 130 valence electrons. The average molecular weight is 325 g/mol. The smallest absolute Gasteiger partial charge is 0.123 e. The van der Waals surface area contributed by atoms with E-state index in [0.29, 0.717) is 5.92 Å². The minimum Gasteiger partial charge on any atom is -0.488 e. The van der Waals surface area contributed by atoms with Crippen molar-refractivity contribution in [1.29, 1.82) is 0 Å². The summed E-state index contributed by atoms with van der Waals surface area (Å²) in [6.45, 7) is 11.7. The maximum Gasteiger partial charge on any atom is 0.123 e. The molecule has 0 spiro atoms. The van der Waals surface area contributed by atoms with Gasteiger partial charge in [-0.1, -0.05) is 51.1 Å². The van der Waals surface area contributed by atoms with Gasteiger partial charge in [-0.2, -0.15) is 0 Å². The number of nitrogens with one attached hydrogen (secondary N) is 1. The molecule has 24 heavy (non-hydrogen) atoms. The lowest BCUT2D eigenvalue weighted by Gasteiger charge is -2.23. The van der Waals surface area contributed by atoms with Crippen molar-refractivity contribution in [2.75, 3.05) is 11.9 Å². The molecule has 0 radical (unpaired) electrons. The van der Waals surface area contributed by atoms with Gasteiger partial charge in [0, 0.05) is 5.69 Å². The van der Waals surface area contributed by atoms with Gasteiger partial charge in [-0.05, 0) is 61.4 Å². The molecule has 0 aromatic heterocycles. The Hall–Kier alpha value is -1.96. The first-order valence-corrected chi connectivity index (χ1v) is 9.11. The third-order valence-electron chi connectivity index (χ3n) is 4.72. The molecule has 0 heterocycles. The van der Waals surface area contributed by atoms with Gasteiger partial charge < -0.3 is 10.1 Å². The summed E-state index contributed by atoms with van der Waals surface area (Å²) in [6.07, 6.45) is 2.26. The van der Waals surface area contributed by atoms with Crippen LogP contribution in [0.1, 0.15) is 56.2 Å². The monoisotopic (exact) mass is 325 g/mol. The third kappa shape index (κ3) is 4.77. The van der Waals surface area contributed by atoms with Crippen molar-refractivity contribution in [2.24, 2.45) is 0 Å². The van der Waals surface area contributed by atoms with E-state index in [0.717, 1.165) is 25.1 Å². The van der Waals surface area contributed by atoms with E-state index in [-0.39, 0.29) is 6.10 Å². The fourth-order valence-corrected chi connectivity index (χ4v) is 2.81. The molecule has 2 aromatic rings. The van der Waals surface area contributed by atoms with Gasteiger partial charge in [-0.15, -0.1) is 0 Å². The molecular formula is C22H31NO. The summed E-state index contributed by atoms with van der Waals surface area (Å²) < 4.78 is 6.35. The van der Waals surface area contributed by atoms with Gasteiger partial charge in [0.2, 0.25) is 0 Å². The van der Waals surface area contributed by atoms with Crippen LogP contribution in [0.15, 0.2) is 42.5 Å². The number of rotatable bonds is 8. The second-order valence-corrected chi connectivity index (χ2v) is 6.69. The van der Waals surface area contributed by atoms with Crippen molar-refractivity contribution in [3.63, 3.8) is 0 Å². The minimum atomic E-state index is 0.162. The fourth-order valence-electron chi connectivity index (χ4n) is 2.81. The highest BCUT2D eigenvalue weighted by Gasteiger charge is 2.14. The second kappa shape index (κ2) is 8.77. The van der Waals surface area contributed by atoms with Gasteiger partial charge in [-0.25, -0.2) is 0 Å². The van der Waals surface area contributed by atoms with E-state index in [1.165, 1.54) is 22.4 Å². The van der Waals surface area contributed by atoms with Crippen molar-refractivity contribution >= 4 is 5.69 Å². The zero-order valence-electron chi connectivity index (χ0n) is 15.7. The van der Waals surface area contributed by atoms with E-state index in [9.17, 15) is 0 Å². The summed E-state index contributed by atoms with van der Waals surface area (Å²) in [5.74, 6) is 1.55. The minimum absolute atomic E-state index is 0.162. The fraction of sp³-hybridized carbons (Fsp3) is 0.455. The van der Waals surface area contributed by atoms with Crippen LogP contribution in [0.5, 0.6) is 5.75 Å². The van der Waals surface area contributed by atoms with Gasteiger partial charge in [0.1, 0.15) is 11.9 Å². The number of aryl methyl sites for hydroxylation is 2. The lowest BCUT2D eigenvalue weighted by Crippen LogP contribution is -2.26. The first-order chi connectivity index (χ1) is 11.5. The number of ether oxygens (including phenoxy) is 1. The Labute approximate surface area is 147 Å². The van der Waals surface area contributed by atoms with Crippen LogP contribution in [0.3, 0.4) is 0 Å². The van der Waals surface area contributed by atoms with Crippen molar-refractivity contribution in [2.45, 2.75) is 59.5 Å². The first kappa shape index (κ1) is 18.4. The van der Waals surface area contributed by atoms with Crippen LogP contribution >= 0.6 is 0 Å². The zero-order chi connectivity index (χ0) is 17.5. The summed E-state index contributed by atoms with van der Waals surface area (Å²) in [7, 11) is 0. The highest BCUT2D eigenvalue weighted by molar-refractivity contribution is 5.52. The maximum atomic E-state index is 6.35. The molecule has 0 aliphatic rings. The largest absolute Gasteiger partial charge is 0.488 e. The highest BCUT2D eigenvalue weighted by Crippen LogP contribution is 2.29. The van der Waals surface area contributed by atoms with Crippen LogP contribution in [0.25, 0.3) is 0 Å². The number of hydrogen-bond donors (Lipinski definition) is 1. The van der Waals surface area contributed by atoms with E-state index < -0.39 is 0 Å². The standard InChI is InChI=1S/C22H31NO/c1-6-17(4)20-10-8-9-11-22(20)24-19(7-2)15-23-21-14-16(3)12-13-18(21)5/h8-14,17,19,23H,6-7,15H2,1-5H3/t17-,19-/m0/s1. The Balaban J connectivity index is 2.06. The van der Waals surface area contributed by atoms with Crippen LogP contribution in [0.2, 0.25) is 0 Å². The topological polar surface area (TPSA) is 21.3 Å². The molecule has 2 rings (SSSR count). The molecule has 0 saturated carbocycles. The van der Waals surface area contributed by atoms with Crippen molar-refractivity contribution < 1.29 is 4.74 Å². The summed E-state index contributed by atoms with van der Waals surface area (Å²) >= 11 is 0. The van der Waals surface area contributed by atoms with Gasteiger partial charge >= 0.3 is 0 Å². The SMILES string of the molecule is CC[C@@H](CNc1cc(C)ccc1C)Oc1ccccc1[C@@H](C)CC. The van der Waals surface area contributed by atoms with E-state index in [1.54, 1.807) is 0 Å². The molecule has 2 nitrogen and oxygen atoms in total. The summed E-state index contributed by atoms with van der Waals surface area (Å²) in [4.78, 5) is 0. The molecule has 0 bridgehead atoms. The van der Waals surface area contributed by atoms with Crippen LogP contribution in [-0.4, -0.2) is 12.6 Å². The molecule has 0 aliphatic heterocycles. The van der Waals surface area contributed by atoms with Crippen LogP contribution in [0, 0.1) is 13.8 Å². The molecular weight excluding hydrogens is 294 g/mol. The molecule has 0 fully saturated rings. The van der Waals surface area contributed by atoms with Gasteiger partial charge in [0.05, 0.1) is 6.54 Å². The van der Waals surface area contributed by atoms with E-state index >= 15 is 0 Å². The molecule has 0 aliphatic carbocycles. The zero-order valence-corrected chi connectivity index (χ0v) is 15.7. The number of para-hydroxylation sites is 1. The van der Waals surface area contributed by atoms with Crippen molar-refractivity contribution in [3.05, 3.63) is 59.2 Å². The molecule has 2 atom stereocenters. The Bertz CT molecular complexity index is 650. The predicted octanol–water partition coefficient (Wildman–Crippen LogP) is 6.09. The van der Waals surface area contributed by atoms with Crippen molar-refractivity contribution in [3.8, 4) is 5.75 Å². The molecule has 0 unspecified atom stereocenters. The molecule has 0 amide bonds. The molecule has 1 N–H and O–H groups in total. The van der Waals surface area contributed by atoms with Gasteiger partial charge in [-0.3, -0.25) is 0 Å². The predicted molar refractivity (Wildman–Crippen MR) is 104 cm³/mol. The lowest BCUT2D eigenvalue weighted by atomic mass is 9.98. The van der Waals surface area contributed by atoms with Gasteiger partial charge in [0.25, 0.3) is 0 Å². The lowest BCUT2D eigenvalue weighted by molar-refractivity contribution is 0.207. The number of benzene rings is 2. The quantitative estimate of drug-likeness (QED) is 0.634. The Morgan fingerprint density at radius 1 is 1.00 bits per heavy atom. The van der Waals surface area contributed by atoms with E-state index in [4.69, 9.17) is 4.74 Å². The van der Waals surface area contributed by atoms with Gasteiger partial charge in [0.15, 0.2) is 0 Å². The highest BCUT2D eigenvalue weighted by atomic mass is 16.5. The Kier molecular flexibility index (Phi) is 6.72. The van der Waals surface area contributed by atoms with E-state index in [2.05, 4.69) is 82.4 Å². The third-order valence-corrected chi connectivity index (χ3v) is 4.72. The number of hydrogen-bond acceptors (Lipinski definition) is 2.